The van der Waals surface area contributed by atoms with Gasteiger partial charge in [-0.25, -0.2) is 0 Å². The Morgan fingerprint density at radius 1 is 0.684 bits per heavy atom. The molecule has 0 aliphatic rings. The van der Waals surface area contributed by atoms with Gasteiger partial charge >= 0.3 is 0 Å². The van der Waals surface area contributed by atoms with Crippen LogP contribution in [-0.2, 0) is 0 Å². The summed E-state index contributed by atoms with van der Waals surface area (Å²) in [5, 5.41) is 0. The lowest BCUT2D eigenvalue weighted by molar-refractivity contribution is 0.396. The maximum atomic E-state index is 5.93. The predicted molar refractivity (Wildman–Crippen MR) is 71.2 cm³/mol. The molecule has 3 nitrogen and oxygen atoms in total. The Bertz CT molecular complexity index is 562. The van der Waals surface area contributed by atoms with E-state index in [9.17, 15) is 0 Å². The minimum absolute atomic E-state index is 0.118. The summed E-state index contributed by atoms with van der Waals surface area (Å²) in [5.74, 6) is 3.87. The fourth-order valence-corrected chi connectivity index (χ4v) is 2.19. The van der Waals surface area contributed by atoms with Crippen LogP contribution in [0.2, 0.25) is 0 Å². The summed E-state index contributed by atoms with van der Waals surface area (Å²) in [7, 11) is 0. The fraction of sp³-hybridized carbons (Fsp3) is 0.250. The number of hydrogen-bond acceptors (Lipinski definition) is 3. The Morgan fingerprint density at radius 3 is 1.53 bits per heavy atom. The van der Waals surface area contributed by atoms with Crippen molar-refractivity contribution in [3.63, 3.8) is 0 Å². The topological polar surface area (TPSA) is 39.4 Å². The Kier molecular flexibility index (Phi) is 3.03. The van der Waals surface area contributed by atoms with Gasteiger partial charge < -0.3 is 13.3 Å². The standard InChI is InChI=1S/C16H16O3/c1-11(13-5-3-9-17-13)15-7-8-16(19-15)12(2)14-6-4-10-18-14/h3-12H,1-2H3. The van der Waals surface area contributed by atoms with Crippen molar-refractivity contribution in [1.82, 2.24) is 0 Å². The lowest BCUT2D eigenvalue weighted by Gasteiger charge is -2.07. The molecule has 3 aromatic heterocycles. The molecule has 3 aromatic rings. The van der Waals surface area contributed by atoms with Crippen LogP contribution in [0.25, 0.3) is 0 Å². The van der Waals surface area contributed by atoms with Crippen LogP contribution >= 0.6 is 0 Å². The van der Waals surface area contributed by atoms with E-state index in [1.807, 2.05) is 36.4 Å². The van der Waals surface area contributed by atoms with Crippen LogP contribution in [0.3, 0.4) is 0 Å². The average Bonchev–Trinajstić information content (AvgIpc) is 3.16. The van der Waals surface area contributed by atoms with Crippen LogP contribution in [0.4, 0.5) is 0 Å². The monoisotopic (exact) mass is 256 g/mol. The first-order valence-electron chi connectivity index (χ1n) is 6.42. The normalized spacial score (nSPS) is 14.4. The van der Waals surface area contributed by atoms with Gasteiger partial charge in [0.1, 0.15) is 23.0 Å². The van der Waals surface area contributed by atoms with Gasteiger partial charge in [0.2, 0.25) is 0 Å². The first-order valence-corrected chi connectivity index (χ1v) is 6.42. The Labute approximate surface area is 111 Å². The van der Waals surface area contributed by atoms with Crippen LogP contribution in [-0.4, -0.2) is 0 Å². The highest BCUT2D eigenvalue weighted by molar-refractivity contribution is 5.24. The maximum Gasteiger partial charge on any atom is 0.114 e. The van der Waals surface area contributed by atoms with Crippen molar-refractivity contribution in [2.75, 3.05) is 0 Å². The zero-order valence-corrected chi connectivity index (χ0v) is 11.0. The van der Waals surface area contributed by atoms with Gasteiger partial charge in [-0.1, -0.05) is 0 Å². The van der Waals surface area contributed by atoms with Gasteiger partial charge in [-0.3, -0.25) is 0 Å². The Morgan fingerprint density at radius 2 is 1.16 bits per heavy atom. The third-order valence-corrected chi connectivity index (χ3v) is 3.44. The van der Waals surface area contributed by atoms with Crippen LogP contribution in [0.5, 0.6) is 0 Å². The maximum absolute atomic E-state index is 5.93. The number of rotatable bonds is 4. The van der Waals surface area contributed by atoms with Crippen molar-refractivity contribution in [3.8, 4) is 0 Å². The molecule has 0 saturated carbocycles. The first-order chi connectivity index (χ1) is 9.25. The molecule has 2 atom stereocenters. The predicted octanol–water partition coefficient (Wildman–Crippen LogP) is 4.77. The largest absolute Gasteiger partial charge is 0.469 e. The van der Waals surface area contributed by atoms with Gasteiger partial charge in [0.25, 0.3) is 0 Å². The second-order valence-electron chi connectivity index (χ2n) is 4.71. The van der Waals surface area contributed by atoms with E-state index in [0.29, 0.717) is 0 Å². The van der Waals surface area contributed by atoms with Gasteiger partial charge in [0.15, 0.2) is 0 Å². The summed E-state index contributed by atoms with van der Waals surface area (Å²) in [6.07, 6.45) is 3.36. The van der Waals surface area contributed by atoms with Crippen molar-refractivity contribution in [1.29, 1.82) is 0 Å². The van der Waals surface area contributed by atoms with Crippen molar-refractivity contribution >= 4 is 0 Å². The van der Waals surface area contributed by atoms with E-state index in [1.54, 1.807) is 12.5 Å². The molecule has 3 heterocycles. The summed E-state index contributed by atoms with van der Waals surface area (Å²) in [5.41, 5.74) is 0. The molecule has 0 amide bonds. The van der Waals surface area contributed by atoms with Gasteiger partial charge in [-0.2, -0.15) is 0 Å². The lowest BCUT2D eigenvalue weighted by Crippen LogP contribution is -1.93. The number of hydrogen-bond donors (Lipinski definition) is 0. The summed E-state index contributed by atoms with van der Waals surface area (Å²) in [4.78, 5) is 0. The molecule has 0 spiro atoms. The molecule has 0 N–H and O–H groups in total. The fourth-order valence-electron chi connectivity index (χ4n) is 2.19. The van der Waals surface area contributed by atoms with Crippen LogP contribution in [0.15, 0.2) is 62.2 Å². The van der Waals surface area contributed by atoms with Crippen LogP contribution < -0.4 is 0 Å². The molecule has 0 saturated heterocycles. The molecule has 0 radical (unpaired) electrons. The zero-order chi connectivity index (χ0) is 13.2. The zero-order valence-electron chi connectivity index (χ0n) is 11.0. The third-order valence-electron chi connectivity index (χ3n) is 3.44. The highest BCUT2D eigenvalue weighted by atomic mass is 16.4. The van der Waals surface area contributed by atoms with Gasteiger partial charge in [0.05, 0.1) is 24.4 Å². The molecular formula is C16H16O3. The molecule has 3 rings (SSSR count). The molecule has 0 aliphatic carbocycles. The van der Waals surface area contributed by atoms with Crippen molar-refractivity contribution in [2.45, 2.75) is 25.7 Å². The highest BCUT2D eigenvalue weighted by Crippen LogP contribution is 2.31. The Balaban J connectivity index is 1.83. The highest BCUT2D eigenvalue weighted by Gasteiger charge is 2.19. The quantitative estimate of drug-likeness (QED) is 0.675. The molecule has 98 valence electrons. The first kappa shape index (κ1) is 11.9. The van der Waals surface area contributed by atoms with E-state index in [4.69, 9.17) is 13.3 Å². The van der Waals surface area contributed by atoms with E-state index < -0.39 is 0 Å². The van der Waals surface area contributed by atoms with E-state index in [1.165, 1.54) is 0 Å². The molecular weight excluding hydrogens is 240 g/mol. The lowest BCUT2D eigenvalue weighted by atomic mass is 10.1. The number of furan rings is 3. The van der Waals surface area contributed by atoms with Crippen molar-refractivity contribution in [3.05, 3.63) is 72.0 Å². The molecule has 0 bridgehead atoms. The third kappa shape index (κ3) is 2.24. The van der Waals surface area contributed by atoms with Crippen LogP contribution in [0.1, 0.15) is 48.7 Å². The molecule has 0 fully saturated rings. The molecule has 19 heavy (non-hydrogen) atoms. The second-order valence-corrected chi connectivity index (χ2v) is 4.71. The molecule has 2 unspecified atom stereocenters. The smallest absolute Gasteiger partial charge is 0.114 e. The Hall–Kier alpha value is -2.16. The van der Waals surface area contributed by atoms with E-state index in [-0.39, 0.29) is 11.8 Å². The summed E-state index contributed by atoms with van der Waals surface area (Å²) in [6.45, 7) is 4.14. The SMILES string of the molecule is CC(c1ccco1)c1ccc(C(C)c2ccco2)o1. The molecule has 0 aliphatic heterocycles. The van der Waals surface area contributed by atoms with E-state index >= 15 is 0 Å². The van der Waals surface area contributed by atoms with Gasteiger partial charge in [0, 0.05) is 0 Å². The van der Waals surface area contributed by atoms with Gasteiger partial charge in [-0.05, 0) is 50.2 Å². The minimum Gasteiger partial charge on any atom is -0.469 e. The minimum atomic E-state index is 0.118. The van der Waals surface area contributed by atoms with Crippen LogP contribution in [0, 0.1) is 0 Å². The molecule has 3 heteroatoms. The average molecular weight is 256 g/mol. The van der Waals surface area contributed by atoms with Crippen molar-refractivity contribution < 1.29 is 13.3 Å². The van der Waals surface area contributed by atoms with Gasteiger partial charge in [-0.15, -0.1) is 0 Å². The van der Waals surface area contributed by atoms with Crippen molar-refractivity contribution in [2.24, 2.45) is 0 Å². The van der Waals surface area contributed by atoms with E-state index in [0.717, 1.165) is 23.0 Å². The van der Waals surface area contributed by atoms with E-state index in [2.05, 4.69) is 13.8 Å². The second kappa shape index (κ2) is 4.84. The summed E-state index contributed by atoms with van der Waals surface area (Å²) >= 11 is 0. The summed E-state index contributed by atoms with van der Waals surface area (Å²) in [6, 6.07) is 11.7. The summed E-state index contributed by atoms with van der Waals surface area (Å²) < 4.78 is 16.8. The molecule has 0 aromatic carbocycles.